The first kappa shape index (κ1) is 16.4. The van der Waals surface area contributed by atoms with Crippen LogP contribution in [0.15, 0.2) is 18.2 Å². The average molecular weight is 310 g/mol. The van der Waals surface area contributed by atoms with E-state index in [2.05, 4.69) is 0 Å². The molecule has 1 saturated heterocycles. The lowest BCUT2D eigenvalue weighted by Gasteiger charge is -2.29. The van der Waals surface area contributed by atoms with Crippen LogP contribution < -0.4 is 0 Å². The van der Waals surface area contributed by atoms with Crippen LogP contribution in [0, 0.1) is 11.6 Å². The summed E-state index contributed by atoms with van der Waals surface area (Å²) < 4.78 is 26.3. The highest BCUT2D eigenvalue weighted by Gasteiger charge is 2.36. The van der Waals surface area contributed by atoms with Gasteiger partial charge in [0.25, 0.3) is 5.91 Å². The fourth-order valence-electron chi connectivity index (χ4n) is 2.81. The van der Waals surface area contributed by atoms with Gasteiger partial charge >= 0.3 is 0 Å². The van der Waals surface area contributed by atoms with Crippen LogP contribution in [-0.4, -0.2) is 47.3 Å². The van der Waals surface area contributed by atoms with Crippen LogP contribution >= 0.6 is 0 Å². The van der Waals surface area contributed by atoms with E-state index in [-0.39, 0.29) is 11.5 Å². The van der Waals surface area contributed by atoms with Crippen LogP contribution in [-0.2, 0) is 4.79 Å². The molecule has 0 spiro atoms. The van der Waals surface area contributed by atoms with Crippen molar-refractivity contribution >= 4 is 11.8 Å². The van der Waals surface area contributed by atoms with Crippen molar-refractivity contribution in [2.75, 3.05) is 19.6 Å². The number of amides is 2. The van der Waals surface area contributed by atoms with E-state index in [1.807, 2.05) is 13.8 Å². The van der Waals surface area contributed by atoms with Crippen LogP contribution in [0.5, 0.6) is 0 Å². The third kappa shape index (κ3) is 3.10. The smallest absolute Gasteiger partial charge is 0.254 e. The number of hydrogen-bond acceptors (Lipinski definition) is 2. The van der Waals surface area contributed by atoms with Gasteiger partial charge in [0, 0.05) is 25.2 Å². The first-order valence-corrected chi connectivity index (χ1v) is 7.54. The van der Waals surface area contributed by atoms with E-state index < -0.39 is 23.6 Å². The molecule has 2 rings (SSSR count). The maximum atomic E-state index is 13.3. The van der Waals surface area contributed by atoms with Gasteiger partial charge in [0.05, 0.1) is 0 Å². The fourth-order valence-corrected chi connectivity index (χ4v) is 2.81. The normalized spacial score (nSPS) is 17.6. The molecule has 0 bridgehead atoms. The second-order valence-corrected chi connectivity index (χ2v) is 5.30. The Balaban J connectivity index is 2.20. The van der Waals surface area contributed by atoms with Gasteiger partial charge in [0.2, 0.25) is 5.91 Å². The molecule has 0 unspecified atom stereocenters. The summed E-state index contributed by atoms with van der Waals surface area (Å²) in [7, 11) is 0. The molecule has 0 saturated carbocycles. The number of benzene rings is 1. The van der Waals surface area contributed by atoms with Crippen molar-refractivity contribution in [3.05, 3.63) is 35.4 Å². The standard InChI is InChI=1S/C16H20F2N2O2/c1-3-19(4-2)16(22)14-6-5-9-20(14)15(21)11-7-8-12(17)13(18)10-11/h7-8,10,14H,3-6,9H2,1-2H3/t14-/m0/s1. The Bertz CT molecular complexity index is 573. The van der Waals surface area contributed by atoms with E-state index in [9.17, 15) is 18.4 Å². The second kappa shape index (κ2) is 6.85. The monoisotopic (exact) mass is 310 g/mol. The molecule has 1 fully saturated rings. The van der Waals surface area contributed by atoms with Crippen LogP contribution in [0.4, 0.5) is 8.78 Å². The van der Waals surface area contributed by atoms with E-state index in [4.69, 9.17) is 0 Å². The number of likely N-dealkylation sites (tertiary alicyclic amines) is 1. The Morgan fingerprint density at radius 3 is 2.50 bits per heavy atom. The summed E-state index contributed by atoms with van der Waals surface area (Å²) in [5.41, 5.74) is 0.0677. The summed E-state index contributed by atoms with van der Waals surface area (Å²) in [5.74, 6) is -2.56. The summed E-state index contributed by atoms with van der Waals surface area (Å²) in [4.78, 5) is 28.1. The third-order valence-electron chi connectivity index (χ3n) is 4.04. The maximum absolute atomic E-state index is 13.3. The van der Waals surface area contributed by atoms with Crippen LogP contribution in [0.25, 0.3) is 0 Å². The van der Waals surface area contributed by atoms with Gasteiger partial charge in [-0.15, -0.1) is 0 Å². The molecule has 1 aliphatic heterocycles. The highest BCUT2D eigenvalue weighted by Crippen LogP contribution is 2.22. The van der Waals surface area contributed by atoms with Crippen molar-refractivity contribution in [1.29, 1.82) is 0 Å². The molecule has 1 atom stereocenters. The highest BCUT2D eigenvalue weighted by atomic mass is 19.2. The molecule has 1 aromatic carbocycles. The van der Waals surface area contributed by atoms with Gasteiger partial charge in [-0.2, -0.15) is 0 Å². The van der Waals surface area contributed by atoms with Gasteiger partial charge in [0.1, 0.15) is 6.04 Å². The molecule has 22 heavy (non-hydrogen) atoms. The van der Waals surface area contributed by atoms with Crippen molar-refractivity contribution in [1.82, 2.24) is 9.80 Å². The molecule has 0 aliphatic carbocycles. The summed E-state index contributed by atoms with van der Waals surface area (Å²) in [6.07, 6.45) is 1.33. The van der Waals surface area contributed by atoms with Gasteiger partial charge in [-0.1, -0.05) is 0 Å². The van der Waals surface area contributed by atoms with E-state index in [1.165, 1.54) is 11.0 Å². The second-order valence-electron chi connectivity index (χ2n) is 5.30. The third-order valence-corrected chi connectivity index (χ3v) is 4.04. The number of nitrogens with zero attached hydrogens (tertiary/aromatic N) is 2. The van der Waals surface area contributed by atoms with Crippen LogP contribution in [0.1, 0.15) is 37.0 Å². The first-order chi connectivity index (χ1) is 10.5. The van der Waals surface area contributed by atoms with Gasteiger partial charge in [-0.3, -0.25) is 9.59 Å². The van der Waals surface area contributed by atoms with Crippen LogP contribution in [0.2, 0.25) is 0 Å². The number of carbonyl (C=O) groups excluding carboxylic acids is 2. The van der Waals surface area contributed by atoms with E-state index in [1.54, 1.807) is 4.90 Å². The summed E-state index contributed by atoms with van der Waals surface area (Å²) in [5, 5.41) is 0. The number of likely N-dealkylation sites (N-methyl/N-ethyl adjacent to an activating group) is 1. The van der Waals surface area contributed by atoms with Crippen molar-refractivity contribution in [3.63, 3.8) is 0 Å². The summed E-state index contributed by atoms with van der Waals surface area (Å²) in [6, 6.07) is 2.55. The topological polar surface area (TPSA) is 40.6 Å². The number of carbonyl (C=O) groups is 2. The Hall–Kier alpha value is -1.98. The molecule has 0 radical (unpaired) electrons. The molecular formula is C16H20F2N2O2. The van der Waals surface area contributed by atoms with E-state index in [0.717, 1.165) is 18.6 Å². The molecule has 0 N–H and O–H groups in total. The molecule has 1 aromatic rings. The molecule has 120 valence electrons. The molecular weight excluding hydrogens is 290 g/mol. The number of rotatable bonds is 4. The molecule has 0 aromatic heterocycles. The zero-order valence-corrected chi connectivity index (χ0v) is 12.8. The predicted molar refractivity (Wildman–Crippen MR) is 78.3 cm³/mol. The number of hydrogen-bond donors (Lipinski definition) is 0. The quantitative estimate of drug-likeness (QED) is 0.857. The average Bonchev–Trinajstić information content (AvgIpc) is 2.99. The zero-order valence-electron chi connectivity index (χ0n) is 12.8. The van der Waals surface area contributed by atoms with Gasteiger partial charge in [0.15, 0.2) is 11.6 Å². The van der Waals surface area contributed by atoms with E-state index in [0.29, 0.717) is 26.1 Å². The van der Waals surface area contributed by atoms with Crippen LogP contribution in [0.3, 0.4) is 0 Å². The summed E-state index contributed by atoms with van der Waals surface area (Å²) >= 11 is 0. The van der Waals surface area contributed by atoms with Crippen molar-refractivity contribution in [2.45, 2.75) is 32.7 Å². The lowest BCUT2D eigenvalue weighted by atomic mass is 10.1. The van der Waals surface area contributed by atoms with Crippen molar-refractivity contribution < 1.29 is 18.4 Å². The molecule has 1 aliphatic rings. The van der Waals surface area contributed by atoms with Gasteiger partial charge in [-0.05, 0) is 44.9 Å². The van der Waals surface area contributed by atoms with Gasteiger partial charge in [-0.25, -0.2) is 8.78 Å². The Morgan fingerprint density at radius 1 is 1.23 bits per heavy atom. The number of halogens is 2. The lowest BCUT2D eigenvalue weighted by Crippen LogP contribution is -2.47. The predicted octanol–water partition coefficient (Wildman–Crippen LogP) is 2.44. The van der Waals surface area contributed by atoms with E-state index >= 15 is 0 Å². The maximum Gasteiger partial charge on any atom is 0.254 e. The van der Waals surface area contributed by atoms with Crippen molar-refractivity contribution in [2.24, 2.45) is 0 Å². The Labute approximate surface area is 128 Å². The minimum absolute atomic E-state index is 0.0677. The summed E-state index contributed by atoms with van der Waals surface area (Å²) in [6.45, 7) is 5.39. The minimum Gasteiger partial charge on any atom is -0.341 e. The molecule has 4 nitrogen and oxygen atoms in total. The Kier molecular flexibility index (Phi) is 5.11. The Morgan fingerprint density at radius 2 is 1.91 bits per heavy atom. The molecule has 1 heterocycles. The zero-order chi connectivity index (χ0) is 16.3. The first-order valence-electron chi connectivity index (χ1n) is 7.54. The largest absolute Gasteiger partial charge is 0.341 e. The van der Waals surface area contributed by atoms with Crippen molar-refractivity contribution in [3.8, 4) is 0 Å². The van der Waals surface area contributed by atoms with Gasteiger partial charge < -0.3 is 9.80 Å². The molecule has 6 heteroatoms. The highest BCUT2D eigenvalue weighted by molar-refractivity contribution is 5.98. The fraction of sp³-hybridized carbons (Fsp3) is 0.500. The SMILES string of the molecule is CCN(CC)C(=O)[C@@H]1CCCN1C(=O)c1ccc(F)c(F)c1. The lowest BCUT2D eigenvalue weighted by molar-refractivity contribution is -0.134. The molecule has 2 amide bonds. The minimum atomic E-state index is -1.06.